The number of rotatable bonds is 5. The van der Waals surface area contributed by atoms with Crippen LogP contribution in [-0.4, -0.2) is 77.0 Å². The quantitative estimate of drug-likeness (QED) is 0.746. The zero-order valence-corrected chi connectivity index (χ0v) is 17.9. The van der Waals surface area contributed by atoms with Crippen LogP contribution in [-0.2, 0) is 14.8 Å². The molecule has 1 aliphatic carbocycles. The lowest BCUT2D eigenvalue weighted by molar-refractivity contribution is 0.0695. The number of carbonyl (C=O) groups is 1. The molecule has 1 saturated carbocycles. The number of anilines is 1. The molecule has 3 rings (SSSR count). The summed E-state index contributed by atoms with van der Waals surface area (Å²) in [5.74, 6) is -0.107. The molecule has 156 valence electrons. The number of hydrogen-bond donors (Lipinski definition) is 0. The topological polar surface area (TPSA) is 70.2 Å². The van der Waals surface area contributed by atoms with Crippen molar-refractivity contribution in [3.05, 3.63) is 23.8 Å². The average Bonchev–Trinajstić information content (AvgIpc) is 2.73. The van der Waals surface area contributed by atoms with E-state index in [1.165, 1.54) is 24.8 Å². The number of hydrogen-bond acceptors (Lipinski definition) is 5. The first kappa shape index (κ1) is 21.1. The molecule has 0 bridgehead atoms. The van der Waals surface area contributed by atoms with Crippen LogP contribution >= 0.6 is 0 Å². The SMILES string of the molecule is CN(C(=O)c1cc(S(=O)(=O)N(C)C)ccc1N1CCOCC1)C1CCCCC1. The fourth-order valence-corrected chi connectivity index (χ4v) is 4.89. The fraction of sp³-hybridized carbons (Fsp3) is 0.650. The molecule has 1 aliphatic heterocycles. The summed E-state index contributed by atoms with van der Waals surface area (Å²) in [6.07, 6.45) is 5.49. The lowest BCUT2D eigenvalue weighted by Gasteiger charge is -2.34. The average molecular weight is 410 g/mol. The fourth-order valence-electron chi connectivity index (χ4n) is 3.96. The maximum Gasteiger partial charge on any atom is 0.255 e. The van der Waals surface area contributed by atoms with Crippen LogP contribution in [0.2, 0.25) is 0 Å². The Kier molecular flexibility index (Phi) is 6.62. The van der Waals surface area contributed by atoms with Crippen molar-refractivity contribution in [1.82, 2.24) is 9.21 Å². The smallest absolute Gasteiger partial charge is 0.255 e. The molecule has 7 nitrogen and oxygen atoms in total. The van der Waals surface area contributed by atoms with Crippen LogP contribution in [0.5, 0.6) is 0 Å². The Hall–Kier alpha value is -1.64. The molecule has 1 saturated heterocycles. The minimum absolute atomic E-state index is 0.107. The number of benzene rings is 1. The summed E-state index contributed by atoms with van der Waals surface area (Å²) in [7, 11) is 1.23. The van der Waals surface area contributed by atoms with Gasteiger partial charge in [0.25, 0.3) is 5.91 Å². The predicted molar refractivity (Wildman–Crippen MR) is 109 cm³/mol. The Bertz CT molecular complexity index is 798. The Morgan fingerprint density at radius 1 is 1.07 bits per heavy atom. The highest BCUT2D eigenvalue weighted by atomic mass is 32.2. The van der Waals surface area contributed by atoms with Gasteiger partial charge in [-0.05, 0) is 31.0 Å². The molecular weight excluding hydrogens is 378 g/mol. The summed E-state index contributed by atoms with van der Waals surface area (Å²) in [4.78, 5) is 17.5. The Morgan fingerprint density at radius 3 is 2.32 bits per heavy atom. The van der Waals surface area contributed by atoms with Crippen molar-refractivity contribution < 1.29 is 17.9 Å². The molecule has 1 heterocycles. The molecule has 1 aromatic carbocycles. The van der Waals surface area contributed by atoms with Gasteiger partial charge in [0.1, 0.15) is 0 Å². The largest absolute Gasteiger partial charge is 0.378 e. The number of morpholine rings is 1. The molecule has 0 radical (unpaired) electrons. The van der Waals surface area contributed by atoms with E-state index in [4.69, 9.17) is 4.74 Å². The lowest BCUT2D eigenvalue weighted by Crippen LogP contribution is -2.41. The van der Waals surface area contributed by atoms with E-state index in [-0.39, 0.29) is 16.8 Å². The van der Waals surface area contributed by atoms with Crippen LogP contribution in [0, 0.1) is 0 Å². The van der Waals surface area contributed by atoms with Crippen LogP contribution < -0.4 is 4.90 Å². The third-order valence-corrected chi connectivity index (χ3v) is 7.58. The predicted octanol–water partition coefficient (Wildman–Crippen LogP) is 2.18. The van der Waals surface area contributed by atoms with E-state index in [1.807, 2.05) is 11.9 Å². The Morgan fingerprint density at radius 2 is 1.71 bits per heavy atom. The third kappa shape index (κ3) is 4.34. The van der Waals surface area contributed by atoms with Crippen LogP contribution in [0.25, 0.3) is 0 Å². The van der Waals surface area contributed by atoms with Gasteiger partial charge >= 0.3 is 0 Å². The summed E-state index contributed by atoms with van der Waals surface area (Å²) in [5, 5.41) is 0. The van der Waals surface area contributed by atoms with E-state index >= 15 is 0 Å². The van der Waals surface area contributed by atoms with Crippen molar-refractivity contribution in [2.45, 2.75) is 43.0 Å². The molecule has 0 unspecified atom stereocenters. The zero-order chi connectivity index (χ0) is 20.3. The molecule has 28 heavy (non-hydrogen) atoms. The van der Waals surface area contributed by atoms with E-state index in [9.17, 15) is 13.2 Å². The van der Waals surface area contributed by atoms with E-state index in [0.717, 1.165) is 31.4 Å². The number of nitrogens with zero attached hydrogens (tertiary/aromatic N) is 3. The minimum Gasteiger partial charge on any atom is -0.378 e. The van der Waals surface area contributed by atoms with Crippen molar-refractivity contribution in [2.75, 3.05) is 52.3 Å². The highest BCUT2D eigenvalue weighted by Crippen LogP contribution is 2.29. The van der Waals surface area contributed by atoms with Gasteiger partial charge in [0, 0.05) is 46.0 Å². The van der Waals surface area contributed by atoms with Crippen LogP contribution in [0.4, 0.5) is 5.69 Å². The van der Waals surface area contributed by atoms with Gasteiger partial charge < -0.3 is 14.5 Å². The van der Waals surface area contributed by atoms with Gasteiger partial charge in [-0.2, -0.15) is 0 Å². The van der Waals surface area contributed by atoms with Gasteiger partial charge in [-0.15, -0.1) is 0 Å². The van der Waals surface area contributed by atoms with Crippen molar-refractivity contribution in [3.63, 3.8) is 0 Å². The molecule has 1 amide bonds. The highest BCUT2D eigenvalue weighted by Gasteiger charge is 2.28. The summed E-state index contributed by atoms with van der Waals surface area (Å²) >= 11 is 0. The second-order valence-corrected chi connectivity index (χ2v) is 9.93. The lowest BCUT2D eigenvalue weighted by atomic mass is 9.94. The number of ether oxygens (including phenoxy) is 1. The highest BCUT2D eigenvalue weighted by molar-refractivity contribution is 7.89. The van der Waals surface area contributed by atoms with E-state index < -0.39 is 10.0 Å². The van der Waals surface area contributed by atoms with Gasteiger partial charge in [0.2, 0.25) is 10.0 Å². The second kappa shape index (κ2) is 8.80. The normalized spacial score (nSPS) is 19.1. The third-order valence-electron chi connectivity index (χ3n) is 5.77. The first-order valence-electron chi connectivity index (χ1n) is 9.99. The number of carbonyl (C=O) groups excluding carboxylic acids is 1. The summed E-state index contributed by atoms with van der Waals surface area (Å²) in [6, 6.07) is 5.12. The van der Waals surface area contributed by atoms with E-state index in [1.54, 1.807) is 18.2 Å². The number of sulfonamides is 1. The monoisotopic (exact) mass is 409 g/mol. The van der Waals surface area contributed by atoms with Crippen molar-refractivity contribution >= 4 is 21.6 Å². The molecule has 2 fully saturated rings. The van der Waals surface area contributed by atoms with Gasteiger partial charge in [-0.3, -0.25) is 4.79 Å². The molecule has 8 heteroatoms. The molecule has 0 atom stereocenters. The zero-order valence-electron chi connectivity index (χ0n) is 17.1. The maximum atomic E-state index is 13.4. The molecule has 0 aromatic heterocycles. The van der Waals surface area contributed by atoms with Crippen LogP contribution in [0.15, 0.2) is 23.1 Å². The van der Waals surface area contributed by atoms with E-state index in [0.29, 0.717) is 31.9 Å². The van der Waals surface area contributed by atoms with Gasteiger partial charge in [0.05, 0.1) is 23.7 Å². The Balaban J connectivity index is 1.99. The van der Waals surface area contributed by atoms with E-state index in [2.05, 4.69) is 4.90 Å². The molecule has 2 aliphatic rings. The minimum atomic E-state index is -3.61. The standard InChI is InChI=1S/C20H31N3O4S/c1-21(2)28(25,26)17-9-10-19(23-11-13-27-14-12-23)18(15-17)20(24)22(3)16-7-5-4-6-8-16/h9-10,15-16H,4-8,11-14H2,1-3H3. The van der Waals surface area contributed by atoms with Crippen molar-refractivity contribution in [3.8, 4) is 0 Å². The first-order chi connectivity index (χ1) is 13.3. The first-order valence-corrected chi connectivity index (χ1v) is 11.4. The van der Waals surface area contributed by atoms with Crippen molar-refractivity contribution in [1.29, 1.82) is 0 Å². The van der Waals surface area contributed by atoms with Gasteiger partial charge in [-0.25, -0.2) is 12.7 Å². The second-order valence-electron chi connectivity index (χ2n) is 7.77. The molecule has 1 aromatic rings. The van der Waals surface area contributed by atoms with Gasteiger partial charge in [0.15, 0.2) is 0 Å². The molecular formula is C20H31N3O4S. The van der Waals surface area contributed by atoms with Gasteiger partial charge in [-0.1, -0.05) is 19.3 Å². The van der Waals surface area contributed by atoms with Crippen LogP contribution in [0.1, 0.15) is 42.5 Å². The van der Waals surface area contributed by atoms with Crippen molar-refractivity contribution in [2.24, 2.45) is 0 Å². The summed E-state index contributed by atoms with van der Waals surface area (Å²) < 4.78 is 31.9. The van der Waals surface area contributed by atoms with Crippen LogP contribution in [0.3, 0.4) is 0 Å². The summed E-state index contributed by atoms with van der Waals surface area (Å²) in [6.45, 7) is 2.58. The number of amides is 1. The Labute approximate surface area is 168 Å². The summed E-state index contributed by atoms with van der Waals surface area (Å²) in [5.41, 5.74) is 1.24. The molecule has 0 spiro atoms. The molecule has 0 N–H and O–H groups in total. The maximum absolute atomic E-state index is 13.4.